The maximum atomic E-state index is 14.0. The Morgan fingerprint density at radius 2 is 1.57 bits per heavy atom. The number of allylic oxidation sites excluding steroid dienone is 2. The third kappa shape index (κ3) is 5.50. The summed E-state index contributed by atoms with van der Waals surface area (Å²) in [5.74, 6) is -0.319. The third-order valence-corrected chi connectivity index (χ3v) is 17.3. The Morgan fingerprint density at radius 1 is 0.868 bits per heavy atom. The average Bonchev–Trinajstić information content (AvgIpc) is 3.38. The average molecular weight is 730 g/mol. The largest absolute Gasteiger partial charge is 0.481 e. The quantitative estimate of drug-likeness (QED) is 0.256. The number of rotatable bonds is 8. The van der Waals surface area contributed by atoms with Gasteiger partial charge in [-0.25, -0.2) is 9.97 Å². The molecule has 0 spiro atoms. The van der Waals surface area contributed by atoms with Crippen LogP contribution in [0, 0.1) is 68.0 Å². The molecule has 1 amide bonds. The Morgan fingerprint density at radius 3 is 2.21 bits per heavy atom. The van der Waals surface area contributed by atoms with Gasteiger partial charge in [0.1, 0.15) is 6.10 Å². The fourth-order valence-electron chi connectivity index (χ4n) is 14.1. The van der Waals surface area contributed by atoms with Gasteiger partial charge in [-0.05, 0) is 121 Å². The maximum absolute atomic E-state index is 14.0. The molecule has 0 aromatic carbocycles. The van der Waals surface area contributed by atoms with Crippen LogP contribution in [0.1, 0.15) is 144 Å². The van der Waals surface area contributed by atoms with Gasteiger partial charge in [0.05, 0.1) is 11.8 Å². The number of esters is 1. The molecule has 6 aliphatic carbocycles. The number of nitrogens with zero attached hydrogens (tertiary/aromatic N) is 2. The summed E-state index contributed by atoms with van der Waals surface area (Å²) in [5, 5.41) is 12.7. The van der Waals surface area contributed by atoms with Gasteiger partial charge in [-0.3, -0.25) is 19.2 Å². The van der Waals surface area contributed by atoms with Crippen LogP contribution in [0.3, 0.4) is 0 Å². The summed E-state index contributed by atoms with van der Waals surface area (Å²) in [5.41, 5.74) is 1.68. The van der Waals surface area contributed by atoms with Crippen LogP contribution >= 0.6 is 0 Å². The summed E-state index contributed by atoms with van der Waals surface area (Å²) in [7, 11) is 0. The zero-order chi connectivity index (χ0) is 38.5. The molecule has 0 aliphatic heterocycles. The lowest BCUT2D eigenvalue weighted by Crippen LogP contribution is -2.66. The molecule has 0 radical (unpaired) electrons. The Kier molecular flexibility index (Phi) is 9.17. The first kappa shape index (κ1) is 38.2. The van der Waals surface area contributed by atoms with Gasteiger partial charge < -0.3 is 15.2 Å². The molecule has 0 saturated heterocycles. The fourth-order valence-corrected chi connectivity index (χ4v) is 14.1. The molecule has 5 fully saturated rings. The molecule has 6 aliphatic rings. The Balaban J connectivity index is 1.12. The molecule has 2 N–H and O–H groups in total. The van der Waals surface area contributed by atoms with Crippen LogP contribution in [0.15, 0.2) is 29.6 Å². The molecule has 53 heavy (non-hydrogen) atoms. The van der Waals surface area contributed by atoms with Gasteiger partial charge in [0.2, 0.25) is 5.82 Å². The van der Waals surface area contributed by atoms with Gasteiger partial charge >= 0.3 is 11.9 Å². The van der Waals surface area contributed by atoms with Crippen molar-refractivity contribution in [3.63, 3.8) is 0 Å². The number of hydrogen-bond donors (Lipinski definition) is 2. The van der Waals surface area contributed by atoms with E-state index < -0.39 is 17.3 Å². The predicted octanol–water partition coefficient (Wildman–Crippen LogP) is 8.24. The number of carbonyl (C=O) groups is 4. The maximum Gasteiger partial charge on any atom is 0.309 e. The van der Waals surface area contributed by atoms with Crippen LogP contribution in [0.25, 0.3) is 0 Å². The number of carboxylic acid groups (broad SMARTS) is 1. The van der Waals surface area contributed by atoms with Gasteiger partial charge in [-0.1, -0.05) is 67.9 Å². The van der Waals surface area contributed by atoms with E-state index in [0.29, 0.717) is 42.9 Å². The molecule has 7 rings (SSSR count). The smallest absolute Gasteiger partial charge is 0.309 e. The minimum Gasteiger partial charge on any atom is -0.481 e. The monoisotopic (exact) mass is 729 g/mol. The molecule has 1 aromatic rings. The topological polar surface area (TPSA) is 136 Å². The van der Waals surface area contributed by atoms with Gasteiger partial charge in [-0.2, -0.15) is 0 Å². The molecular formula is C44H63N3O6. The van der Waals surface area contributed by atoms with Crippen LogP contribution in [0.4, 0.5) is 0 Å². The van der Waals surface area contributed by atoms with Crippen LogP contribution in [0.5, 0.6) is 0 Å². The molecule has 9 nitrogen and oxygen atoms in total. The van der Waals surface area contributed by atoms with E-state index in [4.69, 9.17) is 4.74 Å². The summed E-state index contributed by atoms with van der Waals surface area (Å²) in [6.07, 6.45) is 12.9. The van der Waals surface area contributed by atoms with E-state index in [9.17, 15) is 24.3 Å². The van der Waals surface area contributed by atoms with Crippen molar-refractivity contribution in [3.05, 3.63) is 35.4 Å². The molecule has 10 atom stereocenters. The number of fused-ring (bicyclic) bond motifs is 7. The highest BCUT2D eigenvalue weighted by Gasteiger charge is 2.70. The van der Waals surface area contributed by atoms with Crippen LogP contribution in [0.2, 0.25) is 0 Å². The molecule has 9 heteroatoms. The third-order valence-electron chi connectivity index (χ3n) is 17.3. The standard InChI is InChI=1S/C44H63N3O6/c1-25(2)33-29(48)24-44(19-22-47-36(49)35-45-20-10-21-46-35)18-17-42(8)26(34(33)44)11-12-31-41(7)15-14-32(40(5,6)30(41)13-16-43(31,42)9)53-38(52)28-23-27(37(50)51)39(28,3)4/h10,20-21,25-28,30-32H,11-19,22-24H2,1-9H3,(H,47,49)(H,50,51)/t26-,27+,28-,30+,31-,32+,41+,42-,43-,44-/m1/s1. The van der Waals surface area contributed by atoms with Gasteiger partial charge in [-0.15, -0.1) is 0 Å². The Labute approximate surface area is 316 Å². The van der Waals surface area contributed by atoms with Crippen molar-refractivity contribution in [1.29, 1.82) is 0 Å². The van der Waals surface area contributed by atoms with Crippen LogP contribution in [-0.4, -0.2) is 51.4 Å². The summed E-state index contributed by atoms with van der Waals surface area (Å²) >= 11 is 0. The van der Waals surface area contributed by atoms with Gasteiger partial charge in [0.25, 0.3) is 5.91 Å². The molecule has 0 bridgehead atoms. The molecule has 0 unspecified atom stereocenters. The van der Waals surface area contributed by atoms with E-state index >= 15 is 0 Å². The number of hydrogen-bond acceptors (Lipinski definition) is 7. The number of nitrogens with one attached hydrogen (secondary N) is 1. The number of ether oxygens (including phenoxy) is 1. The number of aromatic nitrogens is 2. The van der Waals surface area contributed by atoms with Crippen molar-refractivity contribution in [2.45, 2.75) is 139 Å². The van der Waals surface area contributed by atoms with E-state index in [2.05, 4.69) is 63.8 Å². The first-order valence-electron chi connectivity index (χ1n) is 20.5. The van der Waals surface area contributed by atoms with Crippen molar-refractivity contribution >= 4 is 23.6 Å². The highest BCUT2D eigenvalue weighted by Crippen LogP contribution is 2.77. The minimum absolute atomic E-state index is 0.0402. The lowest BCUT2D eigenvalue weighted by molar-refractivity contribution is -0.236. The molecule has 1 aromatic heterocycles. The van der Waals surface area contributed by atoms with E-state index in [1.165, 1.54) is 5.57 Å². The summed E-state index contributed by atoms with van der Waals surface area (Å²) in [6, 6.07) is 1.70. The van der Waals surface area contributed by atoms with Crippen molar-refractivity contribution in [2.75, 3.05) is 6.54 Å². The van der Waals surface area contributed by atoms with Crippen molar-refractivity contribution in [3.8, 4) is 0 Å². The SMILES string of the molecule is CC(C)C1=C2[C@H]3CC[C@@H]4[C@@]5(C)CC[C@H](OC(=O)[C@H]6C[C@@H](C(=O)O)C6(C)C)C(C)(C)[C@@H]5CC[C@@]4(C)[C@]3(C)CC[C@@]2(CCNC(=O)c2ncccn2)CC1=O. The normalized spacial score (nSPS) is 41.0. The Bertz CT molecular complexity index is 1720. The zero-order valence-electron chi connectivity index (χ0n) is 33.6. The van der Waals surface area contributed by atoms with Crippen LogP contribution < -0.4 is 5.32 Å². The van der Waals surface area contributed by atoms with Crippen molar-refractivity contribution < 1.29 is 29.0 Å². The summed E-state index contributed by atoms with van der Waals surface area (Å²) < 4.78 is 6.41. The summed E-state index contributed by atoms with van der Waals surface area (Å²) in [4.78, 5) is 60.5. The van der Waals surface area contributed by atoms with E-state index in [0.717, 1.165) is 63.4 Å². The summed E-state index contributed by atoms with van der Waals surface area (Å²) in [6.45, 7) is 20.9. The van der Waals surface area contributed by atoms with E-state index in [-0.39, 0.29) is 62.7 Å². The van der Waals surface area contributed by atoms with E-state index in [1.807, 2.05) is 13.8 Å². The first-order chi connectivity index (χ1) is 24.7. The lowest BCUT2D eigenvalue weighted by Gasteiger charge is -2.72. The highest BCUT2D eigenvalue weighted by molar-refractivity contribution is 6.00. The number of amides is 1. The fraction of sp³-hybridized carbons (Fsp3) is 0.773. The highest BCUT2D eigenvalue weighted by atomic mass is 16.5. The van der Waals surface area contributed by atoms with Gasteiger partial charge in [0, 0.05) is 36.2 Å². The second-order valence-electron chi connectivity index (χ2n) is 20.3. The molecule has 290 valence electrons. The minimum atomic E-state index is -0.829. The molecule has 5 saturated carbocycles. The molecule has 1 heterocycles. The number of Topliss-reactive ketones (excluding diaryl/α,β-unsaturated/α-hetero) is 1. The second kappa shape index (κ2) is 12.7. The number of ketones is 1. The van der Waals surface area contributed by atoms with Crippen molar-refractivity contribution in [1.82, 2.24) is 15.3 Å². The zero-order valence-corrected chi connectivity index (χ0v) is 33.6. The Hall–Kier alpha value is -3.10. The number of aliphatic carboxylic acids is 1. The number of carbonyl (C=O) groups excluding carboxylic acids is 3. The van der Waals surface area contributed by atoms with E-state index in [1.54, 1.807) is 18.5 Å². The molecular weight excluding hydrogens is 666 g/mol. The second-order valence-corrected chi connectivity index (χ2v) is 20.3. The van der Waals surface area contributed by atoms with Crippen molar-refractivity contribution in [2.24, 2.45) is 68.0 Å². The number of carboxylic acids is 1. The van der Waals surface area contributed by atoms with Crippen LogP contribution in [-0.2, 0) is 19.1 Å². The predicted molar refractivity (Wildman–Crippen MR) is 201 cm³/mol. The lowest BCUT2D eigenvalue weighted by atomic mass is 9.33. The van der Waals surface area contributed by atoms with Gasteiger partial charge in [0.15, 0.2) is 5.78 Å². The first-order valence-corrected chi connectivity index (χ1v) is 20.5.